The van der Waals surface area contributed by atoms with Crippen molar-refractivity contribution < 1.29 is 29.3 Å². The second-order valence-corrected chi connectivity index (χ2v) is 7.45. The van der Waals surface area contributed by atoms with Crippen molar-refractivity contribution >= 4 is 46.5 Å². The number of amidine groups is 1. The lowest BCUT2D eigenvalue weighted by molar-refractivity contribution is -0.137. The molecule has 0 radical (unpaired) electrons. The predicted molar refractivity (Wildman–Crippen MR) is 118 cm³/mol. The van der Waals surface area contributed by atoms with E-state index in [1.165, 1.54) is 22.7 Å². The normalized spacial score (nSPS) is 16.2. The number of nitrogens with zero attached hydrogens (tertiary/aromatic N) is 2. The maximum atomic E-state index is 12.8. The SMILES string of the molecule is CCN1C(=O)/C(=C/c2ccc(OCCC(=O)O)cc2)SC1=Nc1ccccc1C(=O)O. The van der Waals surface area contributed by atoms with Crippen LogP contribution in [0.1, 0.15) is 29.3 Å². The van der Waals surface area contributed by atoms with Gasteiger partial charge in [0.1, 0.15) is 5.75 Å². The Balaban J connectivity index is 1.81. The number of carbonyl (C=O) groups excluding carboxylic acids is 1. The molecule has 2 aromatic carbocycles. The minimum atomic E-state index is -1.08. The highest BCUT2D eigenvalue weighted by Crippen LogP contribution is 2.34. The highest BCUT2D eigenvalue weighted by molar-refractivity contribution is 8.18. The average Bonchev–Trinajstić information content (AvgIpc) is 3.03. The number of thioether (sulfide) groups is 1. The van der Waals surface area contributed by atoms with E-state index in [0.29, 0.717) is 22.4 Å². The van der Waals surface area contributed by atoms with Gasteiger partial charge in [0, 0.05) is 6.54 Å². The van der Waals surface area contributed by atoms with Crippen molar-refractivity contribution in [1.29, 1.82) is 0 Å². The van der Waals surface area contributed by atoms with Crippen LogP contribution in [-0.4, -0.2) is 51.3 Å². The molecule has 8 nitrogen and oxygen atoms in total. The molecule has 0 spiro atoms. The first-order chi connectivity index (χ1) is 14.9. The van der Waals surface area contributed by atoms with Gasteiger partial charge in [-0.1, -0.05) is 24.3 Å². The third-order valence-electron chi connectivity index (χ3n) is 4.32. The van der Waals surface area contributed by atoms with Crippen molar-refractivity contribution in [2.45, 2.75) is 13.3 Å². The number of ether oxygens (including phenoxy) is 1. The molecule has 0 saturated carbocycles. The van der Waals surface area contributed by atoms with E-state index in [9.17, 15) is 19.5 Å². The van der Waals surface area contributed by atoms with Gasteiger partial charge in [0.25, 0.3) is 5.91 Å². The third-order valence-corrected chi connectivity index (χ3v) is 5.32. The number of likely N-dealkylation sites (N-methyl/N-ethyl adjacent to an activating group) is 1. The van der Waals surface area contributed by atoms with Crippen LogP contribution in [0, 0.1) is 0 Å². The molecule has 0 unspecified atom stereocenters. The molecule has 2 aromatic rings. The average molecular weight is 440 g/mol. The Kier molecular flexibility index (Phi) is 7.09. The number of rotatable bonds is 8. The fraction of sp³-hybridized carbons (Fsp3) is 0.182. The molecule has 1 aliphatic rings. The second-order valence-electron chi connectivity index (χ2n) is 6.44. The molecule has 1 saturated heterocycles. The van der Waals surface area contributed by atoms with Crippen LogP contribution in [0.3, 0.4) is 0 Å². The van der Waals surface area contributed by atoms with E-state index < -0.39 is 11.9 Å². The Morgan fingerprint density at radius 2 is 1.84 bits per heavy atom. The lowest BCUT2D eigenvalue weighted by Crippen LogP contribution is -2.28. The summed E-state index contributed by atoms with van der Waals surface area (Å²) in [4.78, 5) is 41.2. The van der Waals surface area contributed by atoms with Gasteiger partial charge in [-0.25, -0.2) is 9.79 Å². The number of carboxylic acid groups (broad SMARTS) is 2. The van der Waals surface area contributed by atoms with E-state index in [-0.39, 0.29) is 30.2 Å². The van der Waals surface area contributed by atoms with Crippen molar-refractivity contribution in [3.05, 3.63) is 64.6 Å². The summed E-state index contributed by atoms with van der Waals surface area (Å²) in [5.74, 6) is -1.68. The summed E-state index contributed by atoms with van der Waals surface area (Å²) in [5, 5.41) is 18.4. The van der Waals surface area contributed by atoms with E-state index in [1.54, 1.807) is 48.5 Å². The van der Waals surface area contributed by atoms with Crippen LogP contribution in [0.25, 0.3) is 6.08 Å². The van der Waals surface area contributed by atoms with Crippen molar-refractivity contribution in [1.82, 2.24) is 4.90 Å². The molecular formula is C22H20N2O6S. The van der Waals surface area contributed by atoms with Gasteiger partial charge in [-0.15, -0.1) is 0 Å². The molecule has 160 valence electrons. The molecule has 31 heavy (non-hydrogen) atoms. The summed E-state index contributed by atoms with van der Waals surface area (Å²) in [5.41, 5.74) is 1.12. The van der Waals surface area contributed by atoms with Crippen LogP contribution < -0.4 is 4.74 Å². The zero-order valence-corrected chi connectivity index (χ0v) is 17.5. The largest absolute Gasteiger partial charge is 0.493 e. The van der Waals surface area contributed by atoms with Crippen molar-refractivity contribution in [3.8, 4) is 5.75 Å². The van der Waals surface area contributed by atoms with Crippen LogP contribution in [0.4, 0.5) is 5.69 Å². The molecule has 3 rings (SSSR count). The van der Waals surface area contributed by atoms with E-state index in [0.717, 1.165) is 5.56 Å². The van der Waals surface area contributed by atoms with Gasteiger partial charge in [-0.05, 0) is 54.6 Å². The molecule has 0 aliphatic carbocycles. The third kappa shape index (κ3) is 5.52. The Morgan fingerprint density at radius 1 is 1.13 bits per heavy atom. The number of carbonyl (C=O) groups is 3. The van der Waals surface area contributed by atoms with Gasteiger partial charge in [-0.2, -0.15) is 0 Å². The van der Waals surface area contributed by atoms with Crippen molar-refractivity contribution in [2.75, 3.05) is 13.2 Å². The number of aromatic carboxylic acids is 1. The summed E-state index contributed by atoms with van der Waals surface area (Å²) in [7, 11) is 0. The van der Waals surface area contributed by atoms with Crippen LogP contribution in [0.5, 0.6) is 5.75 Å². The van der Waals surface area contributed by atoms with Crippen LogP contribution in [0.15, 0.2) is 58.4 Å². The summed E-state index contributed by atoms with van der Waals surface area (Å²) >= 11 is 1.18. The lowest BCUT2D eigenvalue weighted by Gasteiger charge is -2.12. The molecule has 0 atom stereocenters. The van der Waals surface area contributed by atoms with E-state index in [1.807, 2.05) is 6.92 Å². The molecular weight excluding hydrogens is 420 g/mol. The number of amides is 1. The maximum absolute atomic E-state index is 12.8. The first kappa shape index (κ1) is 22.1. The standard InChI is InChI=1S/C22H20N2O6S/c1-2-24-20(27)18(13-14-7-9-15(10-8-14)30-12-11-19(25)26)31-22(24)23-17-6-4-3-5-16(17)21(28)29/h3-10,13H,2,11-12H2,1H3,(H,25,26)(H,28,29)/b18-13-,23-22?. The van der Waals surface area contributed by atoms with E-state index in [4.69, 9.17) is 9.84 Å². The summed E-state index contributed by atoms with van der Waals surface area (Å²) < 4.78 is 5.36. The molecule has 2 N–H and O–H groups in total. The van der Waals surface area contributed by atoms with Crippen molar-refractivity contribution in [3.63, 3.8) is 0 Å². The fourth-order valence-electron chi connectivity index (χ4n) is 2.79. The smallest absolute Gasteiger partial charge is 0.337 e. The molecule has 9 heteroatoms. The van der Waals surface area contributed by atoms with Gasteiger partial charge in [0.2, 0.25) is 0 Å². The molecule has 0 aromatic heterocycles. The first-order valence-electron chi connectivity index (χ1n) is 9.46. The second kappa shape index (κ2) is 9.94. The van der Waals surface area contributed by atoms with Crippen molar-refractivity contribution in [2.24, 2.45) is 4.99 Å². The Labute approximate surface area is 182 Å². The minimum absolute atomic E-state index is 0.0648. The van der Waals surface area contributed by atoms with Gasteiger partial charge in [0.15, 0.2) is 5.17 Å². The number of para-hydroxylation sites is 1. The van der Waals surface area contributed by atoms with E-state index >= 15 is 0 Å². The summed E-state index contributed by atoms with van der Waals surface area (Å²) in [6, 6.07) is 13.3. The van der Waals surface area contributed by atoms with Gasteiger partial charge in [-0.3, -0.25) is 14.5 Å². The zero-order valence-electron chi connectivity index (χ0n) is 16.6. The van der Waals surface area contributed by atoms with Gasteiger partial charge in [0.05, 0.1) is 29.2 Å². The summed E-state index contributed by atoms with van der Waals surface area (Å²) in [6.45, 7) is 2.30. The topological polar surface area (TPSA) is 117 Å². The van der Waals surface area contributed by atoms with Gasteiger partial charge >= 0.3 is 11.9 Å². The Hall–Kier alpha value is -3.59. The quantitative estimate of drug-likeness (QED) is 0.599. The monoisotopic (exact) mass is 440 g/mol. The predicted octanol–water partition coefficient (Wildman–Crippen LogP) is 3.86. The molecule has 1 amide bonds. The van der Waals surface area contributed by atoms with E-state index in [2.05, 4.69) is 4.99 Å². The fourth-order valence-corrected chi connectivity index (χ4v) is 3.85. The number of aliphatic imine (C=N–C) groups is 1. The number of benzene rings is 2. The number of hydrogen-bond donors (Lipinski definition) is 2. The summed E-state index contributed by atoms with van der Waals surface area (Å²) in [6.07, 6.45) is 1.64. The molecule has 1 fully saturated rings. The zero-order chi connectivity index (χ0) is 22.4. The number of carboxylic acids is 2. The number of hydrogen-bond acceptors (Lipinski definition) is 6. The lowest BCUT2D eigenvalue weighted by atomic mass is 10.2. The molecule has 0 bridgehead atoms. The first-order valence-corrected chi connectivity index (χ1v) is 10.3. The minimum Gasteiger partial charge on any atom is -0.493 e. The van der Waals surface area contributed by atoms with Crippen LogP contribution in [-0.2, 0) is 9.59 Å². The molecule has 1 heterocycles. The Morgan fingerprint density at radius 3 is 2.48 bits per heavy atom. The van der Waals surface area contributed by atoms with Crippen LogP contribution in [0.2, 0.25) is 0 Å². The number of aliphatic carboxylic acids is 1. The van der Waals surface area contributed by atoms with Gasteiger partial charge < -0.3 is 14.9 Å². The highest BCUT2D eigenvalue weighted by Gasteiger charge is 2.32. The highest BCUT2D eigenvalue weighted by atomic mass is 32.2. The van der Waals surface area contributed by atoms with Crippen LogP contribution >= 0.6 is 11.8 Å². The Bertz CT molecular complexity index is 1060. The molecule has 1 aliphatic heterocycles. The maximum Gasteiger partial charge on any atom is 0.337 e.